The number of hydrogen-bond acceptors (Lipinski definition) is 3. The molecule has 38 heavy (non-hydrogen) atoms. The van der Waals surface area contributed by atoms with Crippen molar-refractivity contribution in [2.75, 3.05) is 11.4 Å². The average molecular weight is 570 g/mol. The van der Waals surface area contributed by atoms with Crippen molar-refractivity contribution in [1.82, 2.24) is 9.78 Å². The van der Waals surface area contributed by atoms with Gasteiger partial charge in [0.1, 0.15) is 11.6 Å². The number of Topliss-reactive ketones (excluding diaryl/α,β-unsaturated/α-hetero) is 1. The van der Waals surface area contributed by atoms with Gasteiger partial charge in [-0.1, -0.05) is 54.1 Å². The Labute approximate surface area is 240 Å². The lowest BCUT2D eigenvalue weighted by Gasteiger charge is -2.38. The maximum Gasteiger partial charge on any atom is 0.232 e. The van der Waals surface area contributed by atoms with Crippen LogP contribution in [0.4, 0.5) is 10.2 Å². The van der Waals surface area contributed by atoms with E-state index in [0.29, 0.717) is 22.9 Å². The molecule has 5 nitrogen and oxygen atoms in total. The molecule has 0 saturated heterocycles. The van der Waals surface area contributed by atoms with Crippen molar-refractivity contribution in [3.63, 3.8) is 0 Å². The van der Waals surface area contributed by atoms with Gasteiger partial charge in [0, 0.05) is 35.0 Å². The lowest BCUT2D eigenvalue weighted by molar-refractivity contribution is -0.123. The highest BCUT2D eigenvalue weighted by Gasteiger charge is 2.45. The van der Waals surface area contributed by atoms with Gasteiger partial charge >= 0.3 is 0 Å². The number of hydrogen-bond donors (Lipinski definition) is 0. The van der Waals surface area contributed by atoms with Crippen LogP contribution in [0.1, 0.15) is 46.4 Å². The van der Waals surface area contributed by atoms with Crippen LogP contribution in [0.25, 0.3) is 5.69 Å². The third-order valence-electron chi connectivity index (χ3n) is 6.73. The van der Waals surface area contributed by atoms with Crippen LogP contribution in [-0.4, -0.2) is 28.0 Å². The summed E-state index contributed by atoms with van der Waals surface area (Å²) in [4.78, 5) is 29.1. The number of fused-ring (bicyclic) bond motifs is 1. The summed E-state index contributed by atoms with van der Waals surface area (Å²) in [6, 6.07) is 22.5. The third-order valence-corrected chi connectivity index (χ3v) is 6.97. The molecule has 0 radical (unpaired) electrons. The topological polar surface area (TPSA) is 55.2 Å². The second-order valence-corrected chi connectivity index (χ2v) is 9.36. The molecular weight excluding hydrogens is 541 g/mol. The van der Waals surface area contributed by atoms with Crippen LogP contribution < -0.4 is 4.90 Å². The Morgan fingerprint density at radius 2 is 1.68 bits per heavy atom. The van der Waals surface area contributed by atoms with Crippen LogP contribution in [0.3, 0.4) is 0 Å². The smallest absolute Gasteiger partial charge is 0.232 e. The summed E-state index contributed by atoms with van der Waals surface area (Å²) in [6.45, 7) is 4.24. The van der Waals surface area contributed by atoms with Crippen LogP contribution in [0.5, 0.6) is 0 Å². The second kappa shape index (κ2) is 12.2. The molecule has 1 aromatic heterocycles. The second-order valence-electron chi connectivity index (χ2n) is 8.93. The fraction of sp³-hybridized carbons (Fsp3) is 0.207. The number of amides is 1. The third kappa shape index (κ3) is 5.39. The number of halogens is 2. The number of ketones is 1. The number of aromatic nitrogens is 2. The van der Waals surface area contributed by atoms with Crippen LogP contribution in [0.15, 0.2) is 78.9 Å². The van der Waals surface area contributed by atoms with Crippen LogP contribution in [0, 0.1) is 18.7 Å². The first-order chi connectivity index (χ1) is 17.4. The molecule has 0 aliphatic carbocycles. The van der Waals surface area contributed by atoms with Gasteiger partial charge < -0.3 is 0 Å². The molecule has 0 saturated carbocycles. The minimum absolute atomic E-state index is 0. The Balaban J connectivity index is 0.00000200. The minimum atomic E-state index is -0.679. The zero-order chi connectivity index (χ0) is 25.4. The number of para-hydroxylation sites is 1. The number of carbonyl (C=O) groups is 2. The van der Waals surface area contributed by atoms with Crippen LogP contribution in [-0.2, 0) is 4.79 Å². The number of rotatable bonds is 6. The van der Waals surface area contributed by atoms with Crippen LogP contribution in [0.2, 0.25) is 5.02 Å². The zero-order valence-corrected chi connectivity index (χ0v) is 23.7. The predicted molar refractivity (Wildman–Crippen MR) is 159 cm³/mol. The van der Waals surface area contributed by atoms with E-state index in [9.17, 15) is 14.0 Å². The van der Waals surface area contributed by atoms with Gasteiger partial charge in [-0.2, -0.15) is 32.1 Å². The minimum Gasteiger partial charge on any atom is -0.296 e. The Bertz CT molecular complexity index is 1440. The molecule has 198 valence electrons. The quantitative estimate of drug-likeness (QED) is 0.246. The normalized spacial score (nSPS) is 16.3. The fourth-order valence-corrected chi connectivity index (χ4v) is 5.30. The summed E-state index contributed by atoms with van der Waals surface area (Å²) >= 11 is 6.12. The molecule has 1 aliphatic rings. The van der Waals surface area contributed by atoms with E-state index in [1.165, 1.54) is 12.1 Å². The molecule has 1 amide bonds. The van der Waals surface area contributed by atoms with E-state index in [0.717, 1.165) is 22.5 Å². The van der Waals surface area contributed by atoms with Crippen molar-refractivity contribution in [2.24, 2.45) is 5.92 Å². The van der Waals surface area contributed by atoms with E-state index in [2.05, 4.69) is 0 Å². The summed E-state index contributed by atoms with van der Waals surface area (Å²) in [5.41, 5.74) is 3.68. The van der Waals surface area contributed by atoms with E-state index >= 15 is 0 Å². The summed E-state index contributed by atoms with van der Waals surface area (Å²) in [7, 11) is 0. The maximum atomic E-state index is 14.0. The molecule has 0 fully saturated rings. The number of aryl methyl sites for hydroxylation is 1. The van der Waals surface area contributed by atoms with Gasteiger partial charge in [-0.3, -0.25) is 14.5 Å². The first-order valence-electron chi connectivity index (χ1n) is 11.9. The highest BCUT2D eigenvalue weighted by molar-refractivity contribution is 7.59. The zero-order valence-electron chi connectivity index (χ0n) is 21.0. The SMILES string of the molecule is CCN1C(=O)[C@@H](CC(=O)c2cccc(Cl)c2)[C@@H](c2ccc(F)cc2)c2c(C)nn(-c3ccccc3)c21.S.S. The summed E-state index contributed by atoms with van der Waals surface area (Å²) in [5, 5.41) is 5.28. The molecular formula is C29H29ClFN3O2S2. The van der Waals surface area contributed by atoms with Crippen molar-refractivity contribution in [1.29, 1.82) is 0 Å². The van der Waals surface area contributed by atoms with E-state index in [-0.39, 0.29) is 50.9 Å². The van der Waals surface area contributed by atoms with Gasteiger partial charge in [0.15, 0.2) is 5.78 Å². The van der Waals surface area contributed by atoms with E-state index in [4.69, 9.17) is 16.7 Å². The standard InChI is InChI=1S/C29H25ClFN3O2.2H2S/c1-3-33-28-26(18(2)32-34(28)23-10-5-4-6-11-23)27(19-12-14-22(31)15-13-19)24(29(33)36)17-25(35)20-8-7-9-21(30)16-20;;/h4-16,24,27H,3,17H2,1-2H3;2*1H2/t24-,27+;;/m0../s1. The van der Waals surface area contributed by atoms with Crippen molar-refractivity contribution in [2.45, 2.75) is 26.2 Å². The molecule has 2 heterocycles. The molecule has 3 aromatic carbocycles. The number of nitrogens with zero attached hydrogens (tertiary/aromatic N) is 3. The highest BCUT2D eigenvalue weighted by Crippen LogP contribution is 2.47. The largest absolute Gasteiger partial charge is 0.296 e. The van der Waals surface area contributed by atoms with Gasteiger partial charge in [0.05, 0.1) is 17.3 Å². The van der Waals surface area contributed by atoms with E-state index in [1.54, 1.807) is 46.0 Å². The van der Waals surface area contributed by atoms with Crippen molar-refractivity contribution >= 4 is 56.1 Å². The lowest BCUT2D eigenvalue weighted by atomic mass is 9.74. The highest BCUT2D eigenvalue weighted by atomic mass is 35.5. The fourth-order valence-electron chi connectivity index (χ4n) is 5.11. The van der Waals surface area contributed by atoms with Gasteiger partial charge in [0.25, 0.3) is 0 Å². The van der Waals surface area contributed by atoms with Gasteiger partial charge in [-0.05, 0) is 55.8 Å². The lowest BCUT2D eigenvalue weighted by Crippen LogP contribution is -2.45. The Hall–Kier alpha value is -3.07. The molecule has 0 unspecified atom stereocenters. The van der Waals surface area contributed by atoms with E-state index < -0.39 is 11.8 Å². The maximum absolute atomic E-state index is 14.0. The molecule has 0 spiro atoms. The first kappa shape index (κ1) is 29.5. The molecule has 5 rings (SSSR count). The Kier molecular flexibility index (Phi) is 9.46. The number of anilines is 1. The average Bonchev–Trinajstić information content (AvgIpc) is 3.22. The van der Waals surface area contributed by atoms with Gasteiger partial charge in [-0.15, -0.1) is 0 Å². The van der Waals surface area contributed by atoms with Crippen LogP contribution >= 0.6 is 38.6 Å². The number of carbonyl (C=O) groups excluding carboxylic acids is 2. The van der Waals surface area contributed by atoms with Crippen molar-refractivity contribution in [3.05, 3.63) is 112 Å². The molecule has 4 aromatic rings. The molecule has 0 bridgehead atoms. The van der Waals surface area contributed by atoms with Gasteiger partial charge in [-0.25, -0.2) is 9.07 Å². The summed E-state index contributed by atoms with van der Waals surface area (Å²) in [5.74, 6) is -1.15. The Morgan fingerprint density at radius 1 is 1.00 bits per heavy atom. The number of benzene rings is 3. The summed E-state index contributed by atoms with van der Waals surface area (Å²) < 4.78 is 15.6. The molecule has 9 heteroatoms. The molecule has 2 atom stereocenters. The molecule has 1 aliphatic heterocycles. The predicted octanol–water partition coefficient (Wildman–Crippen LogP) is 6.59. The van der Waals surface area contributed by atoms with E-state index in [1.807, 2.05) is 44.2 Å². The monoisotopic (exact) mass is 569 g/mol. The van der Waals surface area contributed by atoms with Crippen molar-refractivity contribution < 1.29 is 14.0 Å². The Morgan fingerprint density at radius 3 is 2.32 bits per heavy atom. The van der Waals surface area contributed by atoms with Gasteiger partial charge in [0.2, 0.25) is 5.91 Å². The molecule has 0 N–H and O–H groups in total. The van der Waals surface area contributed by atoms with Crippen molar-refractivity contribution in [3.8, 4) is 5.69 Å². The summed E-state index contributed by atoms with van der Waals surface area (Å²) in [6.07, 6.45) is -0.00683. The first-order valence-corrected chi connectivity index (χ1v) is 12.3.